The minimum atomic E-state index is -0.893. The first-order valence-corrected chi connectivity index (χ1v) is 5.91. The molecule has 2 aromatic heterocycles. The van der Waals surface area contributed by atoms with Crippen molar-refractivity contribution < 1.29 is 14.1 Å². The molecule has 1 unspecified atom stereocenters. The van der Waals surface area contributed by atoms with Gasteiger partial charge in [-0.15, -0.1) is 0 Å². The van der Waals surface area contributed by atoms with Gasteiger partial charge in [0, 0.05) is 25.9 Å². The molecule has 1 amide bonds. The number of pyridine rings is 1. The summed E-state index contributed by atoms with van der Waals surface area (Å²) in [5.41, 5.74) is 5.69. The Labute approximate surface area is 115 Å². The number of hydrogen-bond acceptors (Lipinski definition) is 7. The molecule has 8 nitrogen and oxygen atoms in total. The van der Waals surface area contributed by atoms with Crippen LogP contribution in [-0.2, 0) is 4.74 Å². The molecule has 0 fully saturated rings. The van der Waals surface area contributed by atoms with Crippen LogP contribution in [0.3, 0.4) is 0 Å². The van der Waals surface area contributed by atoms with Crippen LogP contribution in [0.1, 0.15) is 18.9 Å². The van der Waals surface area contributed by atoms with Crippen molar-refractivity contribution in [2.75, 3.05) is 19.0 Å². The number of hydrogen-bond donors (Lipinski definition) is 1. The van der Waals surface area contributed by atoms with E-state index in [1.807, 2.05) is 25.1 Å². The van der Waals surface area contributed by atoms with Crippen molar-refractivity contribution in [3.05, 3.63) is 24.2 Å². The molecule has 2 N–H and O–H groups in total. The van der Waals surface area contributed by atoms with E-state index in [1.165, 1.54) is 0 Å². The summed E-state index contributed by atoms with van der Waals surface area (Å²) in [5.74, 6) is 1.35. The maximum Gasteiger partial charge on any atom is 0.405 e. The molecule has 0 radical (unpaired) electrons. The summed E-state index contributed by atoms with van der Waals surface area (Å²) in [7, 11) is 3.77. The van der Waals surface area contributed by atoms with Crippen LogP contribution in [0.5, 0.6) is 0 Å². The molecule has 0 bridgehead atoms. The second-order valence-electron chi connectivity index (χ2n) is 4.33. The number of rotatable bonds is 4. The highest BCUT2D eigenvalue weighted by molar-refractivity contribution is 5.65. The van der Waals surface area contributed by atoms with Gasteiger partial charge in [-0.2, -0.15) is 4.98 Å². The number of amides is 1. The number of primary amides is 1. The van der Waals surface area contributed by atoms with Crippen molar-refractivity contribution in [1.29, 1.82) is 0 Å². The van der Waals surface area contributed by atoms with Gasteiger partial charge in [-0.05, 0) is 19.1 Å². The maximum absolute atomic E-state index is 10.7. The molecule has 2 rings (SSSR count). The lowest BCUT2D eigenvalue weighted by atomic mass is 10.2. The lowest BCUT2D eigenvalue weighted by Gasteiger charge is -2.10. The number of nitrogens with zero attached hydrogens (tertiary/aromatic N) is 4. The van der Waals surface area contributed by atoms with Gasteiger partial charge in [0.15, 0.2) is 6.10 Å². The lowest BCUT2D eigenvalue weighted by Crippen LogP contribution is -2.15. The summed E-state index contributed by atoms with van der Waals surface area (Å²) in [4.78, 5) is 20.9. The van der Waals surface area contributed by atoms with E-state index in [0.717, 1.165) is 11.4 Å². The standard InChI is InChI=1S/C12H15N5O3/c1-7(19-12(13)18)11-15-10(16-20-11)8-4-5-14-9(6-8)17(2)3/h4-7H,1-3H3,(H2,13,18). The number of nitrogens with two attached hydrogens (primary N) is 1. The van der Waals surface area contributed by atoms with Crippen molar-refractivity contribution in [3.8, 4) is 11.4 Å². The molecule has 20 heavy (non-hydrogen) atoms. The molecule has 0 aliphatic heterocycles. The van der Waals surface area contributed by atoms with Gasteiger partial charge in [-0.25, -0.2) is 9.78 Å². The van der Waals surface area contributed by atoms with E-state index >= 15 is 0 Å². The molecule has 2 heterocycles. The van der Waals surface area contributed by atoms with Crippen molar-refractivity contribution in [2.45, 2.75) is 13.0 Å². The fraction of sp³-hybridized carbons (Fsp3) is 0.333. The van der Waals surface area contributed by atoms with Gasteiger partial charge in [0.25, 0.3) is 5.89 Å². The summed E-state index contributed by atoms with van der Waals surface area (Å²) in [6.07, 6.45) is 0.0734. The first-order chi connectivity index (χ1) is 9.47. The SMILES string of the molecule is CC(OC(N)=O)c1nc(-c2ccnc(N(C)C)c2)no1. The van der Waals surface area contributed by atoms with E-state index in [9.17, 15) is 4.79 Å². The molecule has 0 spiro atoms. The third-order valence-corrected chi connectivity index (χ3v) is 2.54. The zero-order valence-electron chi connectivity index (χ0n) is 11.4. The molecule has 0 saturated carbocycles. The van der Waals surface area contributed by atoms with Crippen molar-refractivity contribution in [2.24, 2.45) is 5.73 Å². The number of ether oxygens (including phenoxy) is 1. The zero-order valence-corrected chi connectivity index (χ0v) is 11.4. The summed E-state index contributed by atoms with van der Waals surface area (Å²) < 4.78 is 9.82. The lowest BCUT2D eigenvalue weighted by molar-refractivity contribution is 0.0959. The number of anilines is 1. The van der Waals surface area contributed by atoms with Gasteiger partial charge in [-0.3, -0.25) is 0 Å². The van der Waals surface area contributed by atoms with Crippen LogP contribution in [-0.4, -0.2) is 35.3 Å². The minimum Gasteiger partial charge on any atom is -0.437 e. The smallest absolute Gasteiger partial charge is 0.405 e. The Balaban J connectivity index is 2.24. The Morgan fingerprint density at radius 2 is 2.25 bits per heavy atom. The highest BCUT2D eigenvalue weighted by Gasteiger charge is 2.18. The Hall–Kier alpha value is -2.64. The minimum absolute atomic E-state index is 0.182. The highest BCUT2D eigenvalue weighted by Crippen LogP contribution is 2.22. The van der Waals surface area contributed by atoms with E-state index in [0.29, 0.717) is 5.82 Å². The Morgan fingerprint density at radius 1 is 1.50 bits per heavy atom. The second-order valence-corrected chi connectivity index (χ2v) is 4.33. The van der Waals surface area contributed by atoms with Gasteiger partial charge < -0.3 is 19.9 Å². The van der Waals surface area contributed by atoms with Crippen LogP contribution in [0.2, 0.25) is 0 Å². The van der Waals surface area contributed by atoms with E-state index in [2.05, 4.69) is 15.1 Å². The Bertz CT molecular complexity index is 611. The maximum atomic E-state index is 10.7. The number of carbonyl (C=O) groups is 1. The molecule has 0 saturated heterocycles. The fourth-order valence-corrected chi connectivity index (χ4v) is 1.54. The molecule has 8 heteroatoms. The normalized spacial score (nSPS) is 11.9. The largest absolute Gasteiger partial charge is 0.437 e. The fourth-order valence-electron chi connectivity index (χ4n) is 1.54. The van der Waals surface area contributed by atoms with E-state index < -0.39 is 12.2 Å². The van der Waals surface area contributed by atoms with E-state index in [1.54, 1.807) is 19.2 Å². The first kappa shape index (κ1) is 13.8. The zero-order chi connectivity index (χ0) is 14.7. The van der Waals surface area contributed by atoms with Crippen LogP contribution in [0.4, 0.5) is 10.6 Å². The third-order valence-electron chi connectivity index (χ3n) is 2.54. The number of carbonyl (C=O) groups excluding carboxylic acids is 1. The topological polar surface area (TPSA) is 107 Å². The monoisotopic (exact) mass is 277 g/mol. The molecule has 0 aliphatic carbocycles. The van der Waals surface area contributed by atoms with E-state index in [4.69, 9.17) is 15.0 Å². The average molecular weight is 277 g/mol. The molecule has 0 aliphatic rings. The Kier molecular flexibility index (Phi) is 3.83. The highest BCUT2D eigenvalue weighted by atomic mass is 16.6. The molecule has 2 aromatic rings. The van der Waals surface area contributed by atoms with Gasteiger partial charge in [0.2, 0.25) is 5.82 Å². The summed E-state index contributed by atoms with van der Waals surface area (Å²) in [6.45, 7) is 1.60. The van der Waals surface area contributed by atoms with Crippen LogP contribution >= 0.6 is 0 Å². The molecule has 106 valence electrons. The summed E-state index contributed by atoms with van der Waals surface area (Å²) >= 11 is 0. The van der Waals surface area contributed by atoms with Crippen LogP contribution in [0, 0.1) is 0 Å². The van der Waals surface area contributed by atoms with Gasteiger partial charge in [0.05, 0.1) is 0 Å². The molecular weight excluding hydrogens is 262 g/mol. The quantitative estimate of drug-likeness (QED) is 0.898. The second kappa shape index (κ2) is 5.55. The third kappa shape index (κ3) is 3.02. The van der Waals surface area contributed by atoms with Crippen LogP contribution in [0.15, 0.2) is 22.9 Å². The van der Waals surface area contributed by atoms with Gasteiger partial charge in [-0.1, -0.05) is 5.16 Å². The van der Waals surface area contributed by atoms with Crippen molar-refractivity contribution in [1.82, 2.24) is 15.1 Å². The van der Waals surface area contributed by atoms with Crippen molar-refractivity contribution in [3.63, 3.8) is 0 Å². The summed E-state index contributed by atoms with van der Waals surface area (Å²) in [5, 5.41) is 3.85. The van der Waals surface area contributed by atoms with Crippen LogP contribution < -0.4 is 10.6 Å². The average Bonchev–Trinajstić information content (AvgIpc) is 2.87. The predicted octanol–water partition coefficient (Wildman–Crippen LogP) is 1.35. The predicted molar refractivity (Wildman–Crippen MR) is 70.9 cm³/mol. The molecule has 1 atom stereocenters. The van der Waals surface area contributed by atoms with Crippen LogP contribution in [0.25, 0.3) is 11.4 Å². The molecule has 0 aromatic carbocycles. The summed E-state index contributed by atoms with van der Waals surface area (Å²) in [6, 6.07) is 3.59. The molecular formula is C12H15N5O3. The first-order valence-electron chi connectivity index (χ1n) is 5.91. The van der Waals surface area contributed by atoms with Crippen molar-refractivity contribution >= 4 is 11.9 Å². The Morgan fingerprint density at radius 3 is 2.90 bits per heavy atom. The van der Waals surface area contributed by atoms with Gasteiger partial charge in [0.1, 0.15) is 5.82 Å². The van der Waals surface area contributed by atoms with E-state index in [-0.39, 0.29) is 5.89 Å². The van der Waals surface area contributed by atoms with Gasteiger partial charge >= 0.3 is 6.09 Å². The number of aromatic nitrogens is 3.